The molecule has 16 heavy (non-hydrogen) atoms. The van der Waals surface area contributed by atoms with Gasteiger partial charge in [-0.3, -0.25) is 9.50 Å². The zero-order valence-electron chi connectivity index (χ0n) is 8.58. The molecular weight excluding hydrogens is 206 g/mol. The van der Waals surface area contributed by atoms with E-state index in [1.165, 1.54) is 0 Å². The van der Waals surface area contributed by atoms with Crippen LogP contribution in [0.2, 0.25) is 0 Å². The van der Waals surface area contributed by atoms with Crippen molar-refractivity contribution in [3.63, 3.8) is 0 Å². The number of nitrogens with zero attached hydrogens (tertiary/aromatic N) is 4. The second-order valence-corrected chi connectivity index (χ2v) is 3.26. The largest absolute Gasteiger partial charge is 0.478 e. The summed E-state index contributed by atoms with van der Waals surface area (Å²) in [5.74, 6) is 0.511. The number of hydrogen-bond acceptors (Lipinski definition) is 4. The van der Waals surface area contributed by atoms with Crippen molar-refractivity contribution in [2.75, 3.05) is 7.11 Å². The van der Waals surface area contributed by atoms with Gasteiger partial charge in [0, 0.05) is 24.2 Å². The highest BCUT2D eigenvalue weighted by Crippen LogP contribution is 2.22. The molecule has 0 radical (unpaired) electrons. The van der Waals surface area contributed by atoms with Crippen LogP contribution < -0.4 is 4.74 Å². The number of hydrogen-bond donors (Lipinski definition) is 1. The van der Waals surface area contributed by atoms with Gasteiger partial charge in [-0.15, -0.1) is 0 Å². The molecule has 3 heterocycles. The Hall–Kier alpha value is -2.37. The van der Waals surface area contributed by atoms with Crippen LogP contribution in [-0.2, 0) is 0 Å². The van der Waals surface area contributed by atoms with E-state index < -0.39 is 0 Å². The second-order valence-electron chi connectivity index (χ2n) is 3.26. The molecule has 0 aromatic carbocycles. The van der Waals surface area contributed by atoms with Crippen LogP contribution in [-0.4, -0.2) is 31.7 Å². The molecule has 6 heteroatoms. The number of fused-ring (bicyclic) bond motifs is 1. The van der Waals surface area contributed by atoms with Gasteiger partial charge in [-0.1, -0.05) is 0 Å². The monoisotopic (exact) mass is 215 g/mol. The highest BCUT2D eigenvalue weighted by Gasteiger charge is 2.10. The van der Waals surface area contributed by atoms with E-state index in [9.17, 15) is 0 Å². The second kappa shape index (κ2) is 3.34. The lowest BCUT2D eigenvalue weighted by atomic mass is 10.3. The summed E-state index contributed by atoms with van der Waals surface area (Å²) in [5.41, 5.74) is 2.62. The summed E-state index contributed by atoms with van der Waals surface area (Å²) in [4.78, 5) is 8.37. The molecule has 0 atom stereocenters. The summed E-state index contributed by atoms with van der Waals surface area (Å²) in [6.45, 7) is 0. The number of aromatic nitrogens is 5. The van der Waals surface area contributed by atoms with Crippen LogP contribution in [0.3, 0.4) is 0 Å². The summed E-state index contributed by atoms with van der Waals surface area (Å²) < 4.78 is 7.05. The first-order valence-electron chi connectivity index (χ1n) is 4.75. The van der Waals surface area contributed by atoms with Crippen LogP contribution in [0.5, 0.6) is 5.88 Å². The van der Waals surface area contributed by atoms with Crippen molar-refractivity contribution >= 4 is 5.65 Å². The Bertz CT molecular complexity index is 613. The third-order valence-electron chi connectivity index (χ3n) is 2.38. The number of rotatable bonds is 2. The number of H-pyrrole nitrogens is 1. The van der Waals surface area contributed by atoms with E-state index in [1.54, 1.807) is 25.7 Å². The van der Waals surface area contributed by atoms with E-state index >= 15 is 0 Å². The molecule has 0 saturated heterocycles. The van der Waals surface area contributed by atoms with Crippen molar-refractivity contribution < 1.29 is 4.74 Å². The molecule has 0 aliphatic rings. The SMILES string of the molecule is COc1nccn2c(-c3cn[nH]c3)cnc12. The summed E-state index contributed by atoms with van der Waals surface area (Å²) in [5, 5.41) is 6.69. The number of ether oxygens (including phenoxy) is 1. The molecule has 1 N–H and O–H groups in total. The van der Waals surface area contributed by atoms with Crippen LogP contribution in [0.4, 0.5) is 0 Å². The first-order chi connectivity index (χ1) is 7.90. The average molecular weight is 215 g/mol. The molecule has 3 rings (SSSR count). The minimum absolute atomic E-state index is 0.511. The molecule has 80 valence electrons. The van der Waals surface area contributed by atoms with Gasteiger partial charge in [-0.05, 0) is 0 Å². The lowest BCUT2D eigenvalue weighted by molar-refractivity contribution is 0.400. The normalized spacial score (nSPS) is 10.8. The molecule has 3 aromatic rings. The Balaban J connectivity index is 2.29. The maximum Gasteiger partial charge on any atom is 0.258 e. The molecule has 0 aliphatic heterocycles. The molecule has 0 unspecified atom stereocenters. The Labute approximate surface area is 90.9 Å². The zero-order chi connectivity index (χ0) is 11.0. The number of imidazole rings is 1. The van der Waals surface area contributed by atoms with Crippen LogP contribution in [0.15, 0.2) is 31.0 Å². The van der Waals surface area contributed by atoms with Crippen LogP contribution >= 0.6 is 0 Å². The molecule has 0 bridgehead atoms. The highest BCUT2D eigenvalue weighted by atomic mass is 16.5. The lowest BCUT2D eigenvalue weighted by Crippen LogP contribution is -1.94. The third kappa shape index (κ3) is 1.16. The van der Waals surface area contributed by atoms with Gasteiger partial charge in [0.25, 0.3) is 5.88 Å². The van der Waals surface area contributed by atoms with Gasteiger partial charge < -0.3 is 4.74 Å². The predicted octanol–water partition coefficient (Wildman–Crippen LogP) is 1.13. The van der Waals surface area contributed by atoms with Crippen molar-refractivity contribution in [2.45, 2.75) is 0 Å². The van der Waals surface area contributed by atoms with Crippen molar-refractivity contribution in [1.29, 1.82) is 0 Å². The fourth-order valence-corrected chi connectivity index (χ4v) is 1.64. The van der Waals surface area contributed by atoms with E-state index in [4.69, 9.17) is 4.74 Å². The standard InChI is InChI=1S/C10H9N5O/c1-16-10-9-12-6-8(7-4-13-14-5-7)15(9)3-2-11-10/h2-6H,1H3,(H,13,14). The van der Waals surface area contributed by atoms with Gasteiger partial charge in [0.15, 0.2) is 0 Å². The molecular formula is C10H9N5O. The van der Waals surface area contributed by atoms with E-state index in [1.807, 2.05) is 16.8 Å². The van der Waals surface area contributed by atoms with Crippen LogP contribution in [0.1, 0.15) is 0 Å². The van der Waals surface area contributed by atoms with E-state index in [0.29, 0.717) is 11.5 Å². The number of aromatic amines is 1. The minimum atomic E-state index is 0.511. The predicted molar refractivity (Wildman–Crippen MR) is 57.1 cm³/mol. The van der Waals surface area contributed by atoms with Gasteiger partial charge in [0.1, 0.15) is 0 Å². The number of methoxy groups -OCH3 is 1. The molecule has 0 amide bonds. The zero-order valence-corrected chi connectivity index (χ0v) is 8.58. The van der Waals surface area contributed by atoms with Gasteiger partial charge in [0.2, 0.25) is 5.65 Å². The Morgan fingerprint density at radius 2 is 2.25 bits per heavy atom. The Kier molecular flexibility index (Phi) is 1.86. The van der Waals surface area contributed by atoms with E-state index in [0.717, 1.165) is 11.3 Å². The molecule has 6 nitrogen and oxygen atoms in total. The topological polar surface area (TPSA) is 68.1 Å². The van der Waals surface area contributed by atoms with E-state index in [-0.39, 0.29) is 0 Å². The maximum atomic E-state index is 5.14. The molecule has 0 spiro atoms. The smallest absolute Gasteiger partial charge is 0.258 e. The molecule has 0 fully saturated rings. The van der Waals surface area contributed by atoms with Gasteiger partial charge in [-0.25, -0.2) is 9.97 Å². The van der Waals surface area contributed by atoms with Gasteiger partial charge in [-0.2, -0.15) is 5.10 Å². The molecule has 0 saturated carbocycles. The van der Waals surface area contributed by atoms with Crippen LogP contribution in [0.25, 0.3) is 16.9 Å². The Morgan fingerprint density at radius 3 is 3.00 bits per heavy atom. The maximum absolute atomic E-state index is 5.14. The average Bonchev–Trinajstić information content (AvgIpc) is 2.96. The first kappa shape index (κ1) is 8.90. The summed E-state index contributed by atoms with van der Waals surface area (Å²) in [6, 6.07) is 0. The van der Waals surface area contributed by atoms with Crippen LogP contribution in [0, 0.1) is 0 Å². The third-order valence-corrected chi connectivity index (χ3v) is 2.38. The van der Waals surface area contributed by atoms with E-state index in [2.05, 4.69) is 20.2 Å². The Morgan fingerprint density at radius 1 is 1.31 bits per heavy atom. The van der Waals surface area contributed by atoms with Crippen molar-refractivity contribution in [3.8, 4) is 17.1 Å². The first-order valence-corrected chi connectivity index (χ1v) is 4.75. The molecule has 3 aromatic heterocycles. The highest BCUT2D eigenvalue weighted by molar-refractivity contribution is 5.64. The summed E-state index contributed by atoms with van der Waals surface area (Å²) in [7, 11) is 1.58. The minimum Gasteiger partial charge on any atom is -0.478 e. The van der Waals surface area contributed by atoms with Crippen molar-refractivity contribution in [1.82, 2.24) is 24.6 Å². The summed E-state index contributed by atoms with van der Waals surface area (Å²) in [6.07, 6.45) is 8.85. The van der Waals surface area contributed by atoms with Gasteiger partial charge in [0.05, 0.1) is 25.2 Å². The number of nitrogens with one attached hydrogen (secondary N) is 1. The van der Waals surface area contributed by atoms with Crippen molar-refractivity contribution in [2.24, 2.45) is 0 Å². The van der Waals surface area contributed by atoms with Gasteiger partial charge >= 0.3 is 0 Å². The lowest BCUT2D eigenvalue weighted by Gasteiger charge is -2.01. The quantitative estimate of drug-likeness (QED) is 0.695. The molecule has 0 aliphatic carbocycles. The fourth-order valence-electron chi connectivity index (χ4n) is 1.64. The summed E-state index contributed by atoms with van der Waals surface area (Å²) >= 11 is 0. The van der Waals surface area contributed by atoms with Crippen molar-refractivity contribution in [3.05, 3.63) is 31.0 Å². The fraction of sp³-hybridized carbons (Fsp3) is 0.100.